The summed E-state index contributed by atoms with van der Waals surface area (Å²) in [7, 11) is 1.39. The zero-order valence-corrected chi connectivity index (χ0v) is 10.4. The van der Waals surface area contributed by atoms with Crippen molar-refractivity contribution in [1.82, 2.24) is 10.6 Å². The number of benzene rings is 1. The molecule has 6 nitrogen and oxygen atoms in total. The van der Waals surface area contributed by atoms with Crippen molar-refractivity contribution in [3.63, 3.8) is 0 Å². The molecular weight excluding hydrogens is 248 g/mol. The van der Waals surface area contributed by atoms with E-state index in [1.54, 1.807) is 12.1 Å². The van der Waals surface area contributed by atoms with Gasteiger partial charge in [0.25, 0.3) is 5.91 Å². The number of ketones is 1. The average molecular weight is 262 g/mol. The molecule has 0 aliphatic carbocycles. The van der Waals surface area contributed by atoms with Crippen molar-refractivity contribution in [2.45, 2.75) is 0 Å². The first-order valence-electron chi connectivity index (χ1n) is 5.53. The van der Waals surface area contributed by atoms with Gasteiger partial charge in [0, 0.05) is 7.05 Å². The molecule has 2 amide bonds. The highest BCUT2D eigenvalue weighted by Gasteiger charge is 2.09. The molecule has 0 heterocycles. The van der Waals surface area contributed by atoms with Crippen molar-refractivity contribution >= 4 is 23.9 Å². The molecule has 6 heteroatoms. The zero-order valence-electron chi connectivity index (χ0n) is 10.4. The number of ether oxygens (including phenoxy) is 1. The van der Waals surface area contributed by atoms with Gasteiger partial charge in [-0.2, -0.15) is 0 Å². The van der Waals surface area contributed by atoms with Gasteiger partial charge in [-0.25, -0.2) is 4.79 Å². The Bertz CT molecular complexity index is 483. The second-order valence-electron chi connectivity index (χ2n) is 3.44. The van der Waals surface area contributed by atoms with Gasteiger partial charge in [-0.3, -0.25) is 9.59 Å². The molecule has 1 aromatic rings. The van der Waals surface area contributed by atoms with E-state index < -0.39 is 17.8 Å². The van der Waals surface area contributed by atoms with Crippen LogP contribution in [0.4, 0.5) is 4.79 Å². The predicted octanol–water partition coefficient (Wildman–Crippen LogP) is 0.699. The highest BCUT2D eigenvalue weighted by Crippen LogP contribution is 2.00. The fourth-order valence-electron chi connectivity index (χ4n) is 1.14. The van der Waals surface area contributed by atoms with Gasteiger partial charge in [-0.1, -0.05) is 36.4 Å². The van der Waals surface area contributed by atoms with Crippen LogP contribution in [0.3, 0.4) is 0 Å². The molecule has 0 unspecified atom stereocenters. The van der Waals surface area contributed by atoms with Crippen LogP contribution in [0.25, 0.3) is 6.08 Å². The second-order valence-corrected chi connectivity index (χ2v) is 3.44. The molecule has 0 aliphatic rings. The number of hydrogen-bond acceptors (Lipinski definition) is 4. The topological polar surface area (TPSA) is 84.5 Å². The molecule has 2 N–H and O–H groups in total. The molecule has 0 aromatic heterocycles. The van der Waals surface area contributed by atoms with Crippen LogP contribution in [0.15, 0.2) is 36.4 Å². The van der Waals surface area contributed by atoms with Crippen LogP contribution >= 0.6 is 0 Å². The van der Waals surface area contributed by atoms with Crippen LogP contribution in [0.5, 0.6) is 0 Å². The van der Waals surface area contributed by atoms with Gasteiger partial charge < -0.3 is 15.4 Å². The van der Waals surface area contributed by atoms with Gasteiger partial charge in [0.2, 0.25) is 5.78 Å². The molecular formula is C13H14N2O4. The van der Waals surface area contributed by atoms with Crippen LogP contribution in [0.1, 0.15) is 5.56 Å². The molecule has 100 valence electrons. The van der Waals surface area contributed by atoms with E-state index in [2.05, 4.69) is 15.4 Å². The Kier molecular flexibility index (Phi) is 5.81. The van der Waals surface area contributed by atoms with Gasteiger partial charge in [0.05, 0.1) is 0 Å². The average Bonchev–Trinajstić information content (AvgIpc) is 2.45. The van der Waals surface area contributed by atoms with Crippen molar-refractivity contribution in [2.75, 3.05) is 13.8 Å². The van der Waals surface area contributed by atoms with Crippen molar-refractivity contribution in [3.05, 3.63) is 42.0 Å². The minimum atomic E-state index is -0.837. The first-order valence-corrected chi connectivity index (χ1v) is 5.53. The minimum absolute atomic E-state index is 0.358. The third-order valence-corrected chi connectivity index (χ3v) is 2.09. The molecule has 0 aliphatic heterocycles. The van der Waals surface area contributed by atoms with Crippen molar-refractivity contribution < 1.29 is 19.1 Å². The Morgan fingerprint density at radius 2 is 1.89 bits per heavy atom. The number of hydrogen-bond donors (Lipinski definition) is 2. The van der Waals surface area contributed by atoms with E-state index >= 15 is 0 Å². The number of carbonyl (C=O) groups excluding carboxylic acids is 3. The molecule has 19 heavy (non-hydrogen) atoms. The maximum Gasteiger partial charge on any atom is 0.408 e. The Hall–Kier alpha value is -2.63. The largest absolute Gasteiger partial charge is 0.428 e. The number of carbonyl (C=O) groups is 3. The Balaban J connectivity index is 2.39. The normalized spacial score (nSPS) is 9.95. The van der Waals surface area contributed by atoms with Crippen LogP contribution in [-0.4, -0.2) is 31.6 Å². The van der Waals surface area contributed by atoms with Gasteiger partial charge >= 0.3 is 6.09 Å². The second kappa shape index (κ2) is 7.65. The van der Waals surface area contributed by atoms with E-state index in [9.17, 15) is 14.4 Å². The zero-order chi connectivity index (χ0) is 14.1. The lowest BCUT2D eigenvalue weighted by atomic mass is 10.2. The summed E-state index contributed by atoms with van der Waals surface area (Å²) in [4.78, 5) is 33.4. The molecule has 0 saturated heterocycles. The summed E-state index contributed by atoms with van der Waals surface area (Å²) in [6.07, 6.45) is 2.00. The lowest BCUT2D eigenvalue weighted by Gasteiger charge is -2.03. The summed E-state index contributed by atoms with van der Waals surface area (Å²) in [5.41, 5.74) is 0.810. The fraction of sp³-hybridized carbons (Fsp3) is 0.154. The first kappa shape index (κ1) is 14.4. The van der Waals surface area contributed by atoms with E-state index in [-0.39, 0.29) is 6.73 Å². The maximum absolute atomic E-state index is 11.4. The monoisotopic (exact) mass is 262 g/mol. The van der Waals surface area contributed by atoms with E-state index in [0.717, 1.165) is 11.6 Å². The highest BCUT2D eigenvalue weighted by atomic mass is 16.6. The summed E-state index contributed by atoms with van der Waals surface area (Å²) in [5.74, 6) is -1.56. The van der Waals surface area contributed by atoms with Crippen LogP contribution in [0, 0.1) is 0 Å². The van der Waals surface area contributed by atoms with E-state index in [1.807, 2.05) is 18.2 Å². The number of nitrogens with one attached hydrogen (secondary N) is 2. The van der Waals surface area contributed by atoms with E-state index in [4.69, 9.17) is 0 Å². The molecule has 0 saturated carbocycles. The smallest absolute Gasteiger partial charge is 0.408 e. The van der Waals surface area contributed by atoms with Crippen LogP contribution in [0.2, 0.25) is 0 Å². The fourth-order valence-corrected chi connectivity index (χ4v) is 1.14. The van der Waals surface area contributed by atoms with Gasteiger partial charge in [-0.05, 0) is 11.6 Å². The first-order chi connectivity index (χ1) is 9.13. The number of amides is 2. The van der Waals surface area contributed by atoms with Gasteiger partial charge in [0.15, 0.2) is 6.73 Å². The van der Waals surface area contributed by atoms with Crippen molar-refractivity contribution in [3.8, 4) is 0 Å². The SMILES string of the molecule is CNC(=O)OCNC(=O)C(=O)C=Cc1ccccc1. The standard InChI is InChI=1S/C13H14N2O4/c1-14-13(18)19-9-15-12(17)11(16)8-7-10-5-3-2-4-6-10/h2-8H,9H2,1H3,(H,14,18)(H,15,17). The van der Waals surface area contributed by atoms with Crippen LogP contribution in [-0.2, 0) is 14.3 Å². The molecule has 1 aromatic carbocycles. The van der Waals surface area contributed by atoms with Gasteiger partial charge in [0.1, 0.15) is 0 Å². The highest BCUT2D eigenvalue weighted by molar-refractivity contribution is 6.41. The Morgan fingerprint density at radius 1 is 1.21 bits per heavy atom. The summed E-state index contributed by atoms with van der Waals surface area (Å²) < 4.78 is 4.52. The summed E-state index contributed by atoms with van der Waals surface area (Å²) in [6.45, 7) is -0.358. The Morgan fingerprint density at radius 3 is 2.53 bits per heavy atom. The molecule has 0 spiro atoms. The molecule has 0 fully saturated rings. The summed E-state index contributed by atoms with van der Waals surface area (Å²) >= 11 is 0. The molecule has 1 rings (SSSR count). The predicted molar refractivity (Wildman–Crippen MR) is 69.0 cm³/mol. The summed E-state index contributed by atoms with van der Waals surface area (Å²) in [6, 6.07) is 9.09. The van der Waals surface area contributed by atoms with Gasteiger partial charge in [-0.15, -0.1) is 0 Å². The number of alkyl carbamates (subject to hydrolysis) is 1. The third kappa shape index (κ3) is 5.49. The van der Waals surface area contributed by atoms with E-state index in [0.29, 0.717) is 0 Å². The van der Waals surface area contributed by atoms with Crippen LogP contribution < -0.4 is 10.6 Å². The molecule has 0 radical (unpaired) electrons. The summed E-state index contributed by atoms with van der Waals surface area (Å²) in [5, 5.41) is 4.36. The molecule has 0 atom stereocenters. The lowest BCUT2D eigenvalue weighted by molar-refractivity contribution is -0.135. The minimum Gasteiger partial charge on any atom is -0.428 e. The van der Waals surface area contributed by atoms with Crippen molar-refractivity contribution in [2.24, 2.45) is 0 Å². The van der Waals surface area contributed by atoms with E-state index in [1.165, 1.54) is 13.1 Å². The lowest BCUT2D eigenvalue weighted by Crippen LogP contribution is -2.34. The van der Waals surface area contributed by atoms with Crippen molar-refractivity contribution in [1.29, 1.82) is 0 Å². The quantitative estimate of drug-likeness (QED) is 0.464. The molecule has 0 bridgehead atoms. The number of rotatable bonds is 5. The Labute approximate surface area is 110 Å². The maximum atomic E-state index is 11.4. The third-order valence-electron chi connectivity index (χ3n) is 2.09.